The van der Waals surface area contributed by atoms with E-state index in [-0.39, 0.29) is 16.9 Å². The molecule has 2 aromatic carbocycles. The maximum Gasteiger partial charge on any atom is 0.247 e. The molecule has 0 bridgehead atoms. The van der Waals surface area contributed by atoms with Crippen LogP contribution in [-0.4, -0.2) is 29.1 Å². The predicted octanol–water partition coefficient (Wildman–Crippen LogP) is 5.74. The van der Waals surface area contributed by atoms with Crippen molar-refractivity contribution in [3.8, 4) is 11.1 Å². The van der Waals surface area contributed by atoms with Crippen LogP contribution in [0.4, 0.5) is 27.5 Å². The largest absolute Gasteiger partial charge is 0.403 e. The molecule has 0 radical (unpaired) electrons. The van der Waals surface area contributed by atoms with Gasteiger partial charge < -0.3 is 21.7 Å². The molecule has 0 saturated carbocycles. The van der Waals surface area contributed by atoms with Gasteiger partial charge >= 0.3 is 0 Å². The van der Waals surface area contributed by atoms with E-state index in [4.69, 9.17) is 17.3 Å². The Kier molecular flexibility index (Phi) is 10.4. The van der Waals surface area contributed by atoms with Crippen LogP contribution in [0.15, 0.2) is 78.2 Å². The summed E-state index contributed by atoms with van der Waals surface area (Å²) in [6.07, 6.45) is 5.55. The molecular formula is C25H27ClFN7O. The van der Waals surface area contributed by atoms with Crippen molar-refractivity contribution >= 4 is 46.9 Å². The van der Waals surface area contributed by atoms with Crippen molar-refractivity contribution in [1.82, 2.24) is 9.97 Å². The van der Waals surface area contributed by atoms with Gasteiger partial charge in [0.1, 0.15) is 11.6 Å². The Hall–Kier alpha value is -4.24. The van der Waals surface area contributed by atoms with Gasteiger partial charge in [0, 0.05) is 47.6 Å². The molecular weight excluding hydrogens is 469 g/mol. The molecule has 3 aromatic rings. The average molecular weight is 496 g/mol. The van der Waals surface area contributed by atoms with Crippen molar-refractivity contribution in [1.29, 1.82) is 0 Å². The second-order valence-electron chi connectivity index (χ2n) is 6.65. The zero-order valence-electron chi connectivity index (χ0n) is 19.6. The van der Waals surface area contributed by atoms with Gasteiger partial charge in [0.2, 0.25) is 11.9 Å². The van der Waals surface area contributed by atoms with E-state index < -0.39 is 5.82 Å². The maximum atomic E-state index is 14.0. The number of amides is 1. The molecule has 0 fully saturated rings. The normalized spacial score (nSPS) is 10.8. The van der Waals surface area contributed by atoms with Crippen molar-refractivity contribution in [2.45, 2.75) is 13.8 Å². The zero-order valence-corrected chi connectivity index (χ0v) is 20.4. The smallest absolute Gasteiger partial charge is 0.247 e. The first kappa shape index (κ1) is 27.0. The van der Waals surface area contributed by atoms with Gasteiger partial charge in [-0.1, -0.05) is 38.1 Å². The highest BCUT2D eigenvalue weighted by atomic mass is 35.5. The number of nitrogens with one attached hydrogen (secondary N) is 3. The number of nitrogens with two attached hydrogens (primary N) is 1. The fraction of sp³-hybridized carbons (Fsp3) is 0.120. The number of aromatic nitrogens is 2. The standard InChI is InChI=1S/C23H21ClFN7O.C2H6/c1-3-21(33)29-17-5-4-6-18(10-17)30-22-20(14-7-15(24)9-16(25)8-14)13-28-23(32-22)31-19(11-26)12-27-2;1-2/h3-13H,1,26H2,2H3,(H,29,33)(H2,28,30,31,32);1-2H3/b19-11+,27-12?;. The second kappa shape index (κ2) is 13.5. The fourth-order valence-electron chi connectivity index (χ4n) is 2.85. The summed E-state index contributed by atoms with van der Waals surface area (Å²) in [7, 11) is 1.61. The van der Waals surface area contributed by atoms with Gasteiger partial charge in [-0.3, -0.25) is 9.79 Å². The fourth-order valence-corrected chi connectivity index (χ4v) is 3.07. The van der Waals surface area contributed by atoms with Crippen molar-refractivity contribution in [3.63, 3.8) is 0 Å². The SMILES string of the molecule is C=CC(=O)Nc1cccc(Nc2nc(N/C(C=NC)=C/N)ncc2-c2cc(F)cc(Cl)c2)c1.CC. The molecule has 0 spiro atoms. The van der Waals surface area contributed by atoms with Gasteiger partial charge in [0.05, 0.1) is 5.70 Å². The summed E-state index contributed by atoms with van der Waals surface area (Å²) >= 11 is 6.05. The number of carbonyl (C=O) groups is 1. The number of halogens is 2. The van der Waals surface area contributed by atoms with Crippen LogP contribution in [0.5, 0.6) is 0 Å². The number of aliphatic imine (C=N–C) groups is 1. The molecule has 8 nitrogen and oxygen atoms in total. The lowest BCUT2D eigenvalue weighted by Crippen LogP contribution is -2.09. The van der Waals surface area contributed by atoms with Gasteiger partial charge in [0.15, 0.2) is 0 Å². The monoisotopic (exact) mass is 495 g/mol. The van der Waals surface area contributed by atoms with Gasteiger partial charge in [-0.15, -0.1) is 0 Å². The molecule has 0 aliphatic carbocycles. The van der Waals surface area contributed by atoms with E-state index in [9.17, 15) is 9.18 Å². The number of rotatable bonds is 8. The topological polar surface area (TPSA) is 117 Å². The van der Waals surface area contributed by atoms with E-state index in [2.05, 4.69) is 37.5 Å². The summed E-state index contributed by atoms with van der Waals surface area (Å²) in [6.45, 7) is 7.44. The molecule has 1 amide bonds. The molecule has 10 heteroatoms. The summed E-state index contributed by atoms with van der Waals surface area (Å²) in [5.74, 6) is -0.232. The zero-order chi connectivity index (χ0) is 25.8. The van der Waals surface area contributed by atoms with Crippen LogP contribution in [0.2, 0.25) is 5.02 Å². The first-order chi connectivity index (χ1) is 16.9. The number of benzene rings is 2. The Bertz CT molecular complexity index is 1220. The molecule has 0 unspecified atom stereocenters. The van der Waals surface area contributed by atoms with Crippen molar-refractivity contribution < 1.29 is 9.18 Å². The number of allylic oxidation sites excluding steroid dienone is 1. The van der Waals surface area contributed by atoms with Gasteiger partial charge in [-0.05, 0) is 48.0 Å². The van der Waals surface area contributed by atoms with E-state index in [0.717, 1.165) is 0 Å². The molecule has 0 saturated heterocycles. The number of hydrogen-bond acceptors (Lipinski definition) is 7. The molecule has 0 atom stereocenters. The van der Waals surface area contributed by atoms with Crippen LogP contribution in [0.1, 0.15) is 13.8 Å². The Labute approximate surface area is 208 Å². The second-order valence-corrected chi connectivity index (χ2v) is 7.08. The van der Waals surface area contributed by atoms with Crippen LogP contribution >= 0.6 is 11.6 Å². The van der Waals surface area contributed by atoms with Crippen molar-refractivity contribution in [2.24, 2.45) is 10.7 Å². The molecule has 1 heterocycles. The third kappa shape index (κ3) is 7.94. The van der Waals surface area contributed by atoms with E-state index in [1.165, 1.54) is 36.8 Å². The minimum Gasteiger partial charge on any atom is -0.403 e. The van der Waals surface area contributed by atoms with E-state index in [0.29, 0.717) is 34.0 Å². The molecule has 35 heavy (non-hydrogen) atoms. The number of carbonyl (C=O) groups excluding carboxylic acids is 1. The molecule has 0 aliphatic heterocycles. The first-order valence-electron chi connectivity index (χ1n) is 10.7. The Balaban J connectivity index is 0.00000210. The summed E-state index contributed by atoms with van der Waals surface area (Å²) in [5.41, 5.74) is 8.25. The summed E-state index contributed by atoms with van der Waals surface area (Å²) in [6, 6.07) is 11.1. The molecule has 3 rings (SSSR count). The third-order valence-electron chi connectivity index (χ3n) is 4.24. The predicted molar refractivity (Wildman–Crippen MR) is 143 cm³/mol. The average Bonchev–Trinajstić information content (AvgIpc) is 2.84. The van der Waals surface area contributed by atoms with E-state index in [1.54, 1.807) is 37.4 Å². The summed E-state index contributed by atoms with van der Waals surface area (Å²) < 4.78 is 14.0. The molecule has 1 aromatic heterocycles. The summed E-state index contributed by atoms with van der Waals surface area (Å²) in [4.78, 5) is 24.4. The van der Waals surface area contributed by atoms with Crippen LogP contribution in [0, 0.1) is 5.82 Å². The number of hydrogen-bond donors (Lipinski definition) is 4. The third-order valence-corrected chi connectivity index (χ3v) is 4.46. The van der Waals surface area contributed by atoms with Crippen LogP contribution in [0.3, 0.4) is 0 Å². The van der Waals surface area contributed by atoms with Crippen LogP contribution in [0.25, 0.3) is 11.1 Å². The first-order valence-corrected chi connectivity index (χ1v) is 11.0. The number of anilines is 4. The van der Waals surface area contributed by atoms with Crippen LogP contribution < -0.4 is 21.7 Å². The molecule has 182 valence electrons. The van der Waals surface area contributed by atoms with Gasteiger partial charge in [-0.25, -0.2) is 9.37 Å². The highest BCUT2D eigenvalue weighted by Crippen LogP contribution is 2.32. The van der Waals surface area contributed by atoms with E-state index >= 15 is 0 Å². The van der Waals surface area contributed by atoms with E-state index in [1.807, 2.05) is 13.8 Å². The minimum atomic E-state index is -0.493. The Morgan fingerprint density at radius 1 is 1.17 bits per heavy atom. The Morgan fingerprint density at radius 2 is 1.91 bits per heavy atom. The van der Waals surface area contributed by atoms with Crippen molar-refractivity contribution in [3.05, 3.63) is 84.1 Å². The minimum absolute atomic E-state index is 0.233. The molecule has 0 aliphatic rings. The highest BCUT2D eigenvalue weighted by molar-refractivity contribution is 6.30. The Morgan fingerprint density at radius 3 is 2.57 bits per heavy atom. The summed E-state index contributed by atoms with van der Waals surface area (Å²) in [5, 5.41) is 9.07. The molecule has 5 N–H and O–H groups in total. The van der Waals surface area contributed by atoms with Crippen LogP contribution in [-0.2, 0) is 4.79 Å². The lowest BCUT2D eigenvalue weighted by Gasteiger charge is -2.14. The lowest BCUT2D eigenvalue weighted by molar-refractivity contribution is -0.111. The maximum absolute atomic E-state index is 14.0. The van der Waals surface area contributed by atoms with Gasteiger partial charge in [-0.2, -0.15) is 4.98 Å². The quantitative estimate of drug-likeness (QED) is 0.234. The highest BCUT2D eigenvalue weighted by Gasteiger charge is 2.13. The number of nitrogens with zero attached hydrogens (tertiary/aromatic N) is 3. The van der Waals surface area contributed by atoms with Gasteiger partial charge in [0.25, 0.3) is 0 Å². The van der Waals surface area contributed by atoms with Crippen molar-refractivity contribution in [2.75, 3.05) is 23.0 Å². The lowest BCUT2D eigenvalue weighted by atomic mass is 10.1.